The summed E-state index contributed by atoms with van der Waals surface area (Å²) in [4.78, 5) is 0. The summed E-state index contributed by atoms with van der Waals surface area (Å²) in [5, 5.41) is 17.5. The third kappa shape index (κ3) is 16.0. The van der Waals surface area contributed by atoms with E-state index in [9.17, 15) is 8.78 Å². The fourth-order valence-corrected chi connectivity index (χ4v) is 7.40. The average molecular weight is 677 g/mol. The average Bonchev–Trinajstić information content (AvgIpc) is 3.12. The molecule has 0 atom stereocenters. The summed E-state index contributed by atoms with van der Waals surface area (Å²) < 4.78 is 38.6. The summed E-state index contributed by atoms with van der Waals surface area (Å²) in [6, 6.07) is 12.6. The van der Waals surface area contributed by atoms with Gasteiger partial charge in [-0.05, 0) is 73.6 Å². The molecule has 4 rings (SSSR count). The van der Waals surface area contributed by atoms with Gasteiger partial charge in [-0.3, -0.25) is 0 Å². The van der Waals surface area contributed by atoms with Crippen molar-refractivity contribution >= 4 is 0 Å². The third-order valence-electron chi connectivity index (χ3n) is 10.7. The number of hydrogen-bond donors (Lipinski definition) is 0. The van der Waals surface area contributed by atoms with Gasteiger partial charge < -0.3 is 9.47 Å². The number of hydrogen-bond acceptors (Lipinski definition) is 4. The Morgan fingerprint density at radius 1 is 0.531 bits per heavy atom. The fourth-order valence-electron chi connectivity index (χ4n) is 7.40. The molecular weight excluding hydrogens is 614 g/mol. The Bertz CT molecular complexity index is 1270. The van der Waals surface area contributed by atoms with Crippen molar-refractivity contribution in [2.75, 3.05) is 13.2 Å². The Morgan fingerprint density at radius 3 is 1.22 bits per heavy atom. The van der Waals surface area contributed by atoms with Gasteiger partial charge in [0.15, 0.2) is 0 Å². The normalized spacial score (nSPS) is 20.4. The minimum Gasteiger partial charge on any atom is -0.493 e. The number of unbranched alkanes of at least 4 members (excludes halogenated alkanes) is 9. The Kier molecular flexibility index (Phi) is 19.8. The molecule has 0 radical (unpaired) electrons. The second-order valence-electron chi connectivity index (χ2n) is 14.7. The number of nitriles is 2. The standard InChI is InChI=1S/C22H32FNO.C21H30FNO/c1-2-3-4-5-6-7-8-18-9-11-19(12-10-18)17-25-21-14-13-20(16-24)22(23)15-21;1-2-3-4-5-6-7-17-8-10-18(11-9-17)16-24-20-13-12-19(15-23)21(22)14-20/h13-15,18-19H,2-12,17H2,1H3;12-14,17-18H,2-11,16H2,1H3. The van der Waals surface area contributed by atoms with Crippen LogP contribution in [0.2, 0.25) is 0 Å². The van der Waals surface area contributed by atoms with Gasteiger partial charge >= 0.3 is 0 Å². The predicted molar refractivity (Wildman–Crippen MR) is 195 cm³/mol. The van der Waals surface area contributed by atoms with Gasteiger partial charge in [-0.1, -0.05) is 123 Å². The van der Waals surface area contributed by atoms with Gasteiger partial charge in [0.25, 0.3) is 0 Å². The molecule has 0 spiro atoms. The smallest absolute Gasteiger partial charge is 0.144 e. The number of benzene rings is 2. The molecule has 0 unspecified atom stereocenters. The summed E-state index contributed by atoms with van der Waals surface area (Å²) in [6.45, 7) is 5.85. The molecule has 0 aromatic heterocycles. The highest BCUT2D eigenvalue weighted by atomic mass is 19.1. The van der Waals surface area contributed by atoms with E-state index in [-0.39, 0.29) is 11.1 Å². The number of halogens is 2. The third-order valence-corrected chi connectivity index (χ3v) is 10.7. The molecule has 0 amide bonds. The molecule has 0 saturated heterocycles. The van der Waals surface area contributed by atoms with Crippen LogP contribution in [0.25, 0.3) is 0 Å². The summed E-state index contributed by atoms with van der Waals surface area (Å²) in [5.41, 5.74) is 0.143. The van der Waals surface area contributed by atoms with Gasteiger partial charge in [-0.2, -0.15) is 10.5 Å². The van der Waals surface area contributed by atoms with Crippen molar-refractivity contribution in [2.24, 2.45) is 23.7 Å². The molecule has 4 nitrogen and oxygen atoms in total. The lowest BCUT2D eigenvalue weighted by Gasteiger charge is -2.28. The maximum absolute atomic E-state index is 13.6. The van der Waals surface area contributed by atoms with Crippen molar-refractivity contribution in [2.45, 2.75) is 149 Å². The highest BCUT2D eigenvalue weighted by Crippen LogP contribution is 2.34. The lowest BCUT2D eigenvalue weighted by atomic mass is 9.80. The second-order valence-corrected chi connectivity index (χ2v) is 14.7. The molecule has 270 valence electrons. The lowest BCUT2D eigenvalue weighted by molar-refractivity contribution is 0.177. The van der Waals surface area contributed by atoms with Crippen molar-refractivity contribution in [1.29, 1.82) is 10.5 Å². The Balaban J connectivity index is 0.000000266. The van der Waals surface area contributed by atoms with Crippen LogP contribution in [0.1, 0.15) is 160 Å². The van der Waals surface area contributed by atoms with E-state index < -0.39 is 11.6 Å². The van der Waals surface area contributed by atoms with Gasteiger partial charge in [0.1, 0.15) is 35.3 Å². The van der Waals surface area contributed by atoms with Crippen LogP contribution in [0.3, 0.4) is 0 Å². The first-order chi connectivity index (χ1) is 23.9. The highest BCUT2D eigenvalue weighted by molar-refractivity contribution is 5.37. The SMILES string of the molecule is CCCCCCCC1CCC(COc2ccc(C#N)c(F)c2)CC1.CCCCCCCCC1CCC(COc2ccc(C#N)c(F)c2)CC1. The van der Waals surface area contributed by atoms with E-state index in [1.807, 2.05) is 12.1 Å². The van der Waals surface area contributed by atoms with Crippen LogP contribution in [-0.4, -0.2) is 13.2 Å². The Morgan fingerprint density at radius 2 is 0.878 bits per heavy atom. The zero-order valence-electron chi connectivity index (χ0n) is 30.5. The summed E-state index contributed by atoms with van der Waals surface area (Å²) in [7, 11) is 0. The molecule has 2 fully saturated rings. The molecule has 2 saturated carbocycles. The molecule has 0 aliphatic heterocycles. The summed E-state index contributed by atoms with van der Waals surface area (Å²) >= 11 is 0. The van der Waals surface area contributed by atoms with Crippen molar-refractivity contribution in [1.82, 2.24) is 0 Å². The first kappa shape index (κ1) is 40.3. The quantitative estimate of drug-likeness (QED) is 0.139. The molecule has 0 bridgehead atoms. The van der Waals surface area contributed by atoms with Crippen LogP contribution in [0, 0.1) is 58.0 Å². The van der Waals surface area contributed by atoms with Gasteiger partial charge in [-0.15, -0.1) is 0 Å². The van der Waals surface area contributed by atoms with E-state index >= 15 is 0 Å². The highest BCUT2D eigenvalue weighted by Gasteiger charge is 2.22. The van der Waals surface area contributed by atoms with Gasteiger partial charge in [0.2, 0.25) is 0 Å². The second kappa shape index (κ2) is 24.1. The van der Waals surface area contributed by atoms with Gasteiger partial charge in [-0.25, -0.2) is 8.78 Å². The van der Waals surface area contributed by atoms with Crippen molar-refractivity contribution < 1.29 is 18.3 Å². The molecular formula is C43H62F2N2O2. The van der Waals surface area contributed by atoms with Crippen molar-refractivity contribution in [3.63, 3.8) is 0 Å². The summed E-state index contributed by atoms with van der Waals surface area (Å²) in [6.07, 6.45) is 28.0. The van der Waals surface area contributed by atoms with E-state index in [2.05, 4.69) is 13.8 Å². The first-order valence-corrected chi connectivity index (χ1v) is 19.6. The molecule has 0 N–H and O–H groups in total. The predicted octanol–water partition coefficient (Wildman–Crippen LogP) is 12.9. The maximum Gasteiger partial charge on any atom is 0.144 e. The Hall–Kier alpha value is -3.12. The van der Waals surface area contributed by atoms with Crippen LogP contribution >= 0.6 is 0 Å². The van der Waals surface area contributed by atoms with E-state index in [1.165, 1.54) is 159 Å². The van der Waals surface area contributed by atoms with E-state index in [1.54, 1.807) is 12.1 Å². The fraction of sp³-hybridized carbons (Fsp3) is 0.674. The zero-order valence-corrected chi connectivity index (χ0v) is 30.5. The van der Waals surface area contributed by atoms with E-state index in [0.717, 1.165) is 11.8 Å². The van der Waals surface area contributed by atoms with Crippen molar-refractivity contribution in [3.05, 3.63) is 59.2 Å². The molecule has 6 heteroatoms. The number of ether oxygens (including phenoxy) is 2. The van der Waals surface area contributed by atoms with Crippen LogP contribution in [-0.2, 0) is 0 Å². The van der Waals surface area contributed by atoms with Crippen LogP contribution in [0.15, 0.2) is 36.4 Å². The van der Waals surface area contributed by atoms with Crippen LogP contribution in [0.4, 0.5) is 8.78 Å². The lowest BCUT2D eigenvalue weighted by Crippen LogP contribution is -2.20. The number of rotatable bonds is 19. The monoisotopic (exact) mass is 676 g/mol. The number of nitrogens with zero attached hydrogens (tertiary/aromatic N) is 2. The zero-order chi connectivity index (χ0) is 35.1. The van der Waals surface area contributed by atoms with Gasteiger partial charge in [0, 0.05) is 12.1 Å². The summed E-state index contributed by atoms with van der Waals surface area (Å²) in [5.74, 6) is 3.03. The molecule has 0 heterocycles. The molecule has 2 aliphatic carbocycles. The van der Waals surface area contributed by atoms with E-state index in [0.29, 0.717) is 36.5 Å². The first-order valence-electron chi connectivity index (χ1n) is 19.6. The topological polar surface area (TPSA) is 66.0 Å². The van der Waals surface area contributed by atoms with Crippen molar-refractivity contribution in [3.8, 4) is 23.6 Å². The van der Waals surface area contributed by atoms with Crippen LogP contribution < -0.4 is 9.47 Å². The Labute approximate surface area is 296 Å². The van der Waals surface area contributed by atoms with Crippen LogP contribution in [0.5, 0.6) is 11.5 Å². The largest absolute Gasteiger partial charge is 0.493 e. The van der Waals surface area contributed by atoms with Gasteiger partial charge in [0.05, 0.1) is 24.3 Å². The maximum atomic E-state index is 13.6. The molecule has 2 aromatic carbocycles. The molecule has 2 aliphatic rings. The molecule has 2 aromatic rings. The molecule has 49 heavy (non-hydrogen) atoms. The van der Waals surface area contributed by atoms with E-state index in [4.69, 9.17) is 20.0 Å². The minimum absolute atomic E-state index is 0.0711. The minimum atomic E-state index is -0.498.